The Kier molecular flexibility index (Phi) is 3.44. The van der Waals surface area contributed by atoms with E-state index in [0.29, 0.717) is 19.5 Å². The van der Waals surface area contributed by atoms with Gasteiger partial charge in [-0.25, -0.2) is 0 Å². The van der Waals surface area contributed by atoms with Gasteiger partial charge < -0.3 is 16.0 Å². The fourth-order valence-electron chi connectivity index (χ4n) is 3.08. The van der Waals surface area contributed by atoms with Crippen LogP contribution in [0.3, 0.4) is 0 Å². The Morgan fingerprint density at radius 3 is 2.95 bits per heavy atom. The average molecular weight is 273 g/mol. The van der Waals surface area contributed by atoms with Gasteiger partial charge in [0.25, 0.3) is 5.91 Å². The fraction of sp³-hybridized carbons (Fsp3) is 0.467. The zero-order chi connectivity index (χ0) is 14.1. The van der Waals surface area contributed by atoms with Gasteiger partial charge in [0.15, 0.2) is 0 Å². The molecule has 1 aromatic carbocycles. The Balaban J connectivity index is 1.83. The Morgan fingerprint density at radius 1 is 1.35 bits per heavy atom. The van der Waals surface area contributed by atoms with Crippen molar-refractivity contribution in [2.24, 2.45) is 11.7 Å². The molecule has 2 amide bonds. The minimum atomic E-state index is -0.306. The Labute approximate surface area is 118 Å². The highest BCUT2D eigenvalue weighted by Crippen LogP contribution is 2.23. The van der Waals surface area contributed by atoms with E-state index in [0.717, 1.165) is 30.6 Å². The van der Waals surface area contributed by atoms with Crippen LogP contribution >= 0.6 is 0 Å². The maximum absolute atomic E-state index is 12.6. The molecule has 3 rings (SSSR count). The molecule has 0 aliphatic carbocycles. The van der Waals surface area contributed by atoms with Crippen LogP contribution < -0.4 is 11.1 Å². The molecule has 2 aliphatic rings. The molecule has 1 unspecified atom stereocenters. The Bertz CT molecular complexity index is 556. The average Bonchev–Trinajstić information content (AvgIpc) is 2.96. The van der Waals surface area contributed by atoms with E-state index < -0.39 is 0 Å². The summed E-state index contributed by atoms with van der Waals surface area (Å²) in [6.45, 7) is 2.80. The third-order valence-electron chi connectivity index (χ3n) is 4.25. The quantitative estimate of drug-likeness (QED) is 0.812. The zero-order valence-electron chi connectivity index (χ0n) is 11.4. The number of nitrogens with zero attached hydrogens (tertiary/aromatic N) is 1. The van der Waals surface area contributed by atoms with E-state index in [9.17, 15) is 9.59 Å². The van der Waals surface area contributed by atoms with Crippen LogP contribution in [0.25, 0.3) is 0 Å². The normalized spacial score (nSPS) is 21.6. The van der Waals surface area contributed by atoms with Gasteiger partial charge in [-0.3, -0.25) is 9.59 Å². The van der Waals surface area contributed by atoms with Crippen molar-refractivity contribution in [1.82, 2.24) is 10.2 Å². The molecule has 1 fully saturated rings. The summed E-state index contributed by atoms with van der Waals surface area (Å²) in [6.07, 6.45) is 1.56. The molecule has 20 heavy (non-hydrogen) atoms. The number of carbonyl (C=O) groups is 2. The Hall–Kier alpha value is -1.88. The van der Waals surface area contributed by atoms with Crippen LogP contribution in [0.1, 0.15) is 27.9 Å². The van der Waals surface area contributed by atoms with Gasteiger partial charge in [-0.1, -0.05) is 12.1 Å². The summed E-state index contributed by atoms with van der Waals surface area (Å²) in [5.41, 5.74) is 8.46. The number of nitrogens with one attached hydrogen (secondary N) is 1. The first kappa shape index (κ1) is 13.1. The minimum Gasteiger partial charge on any atom is -0.369 e. The molecule has 0 saturated carbocycles. The van der Waals surface area contributed by atoms with Crippen LogP contribution in [0.4, 0.5) is 0 Å². The van der Waals surface area contributed by atoms with E-state index in [1.165, 1.54) is 5.56 Å². The van der Waals surface area contributed by atoms with Crippen molar-refractivity contribution in [3.8, 4) is 0 Å². The number of primary amides is 1. The lowest BCUT2D eigenvalue weighted by atomic mass is 9.95. The monoisotopic (exact) mass is 273 g/mol. The first-order valence-electron chi connectivity index (χ1n) is 7.07. The first-order chi connectivity index (χ1) is 9.66. The number of hydrogen-bond donors (Lipinski definition) is 2. The van der Waals surface area contributed by atoms with Crippen molar-refractivity contribution in [2.75, 3.05) is 19.6 Å². The van der Waals surface area contributed by atoms with Crippen LogP contribution in [0.5, 0.6) is 0 Å². The molecule has 3 N–H and O–H groups in total. The summed E-state index contributed by atoms with van der Waals surface area (Å²) in [5, 5.41) is 3.31. The molecular weight excluding hydrogens is 254 g/mol. The molecule has 0 aromatic heterocycles. The molecule has 1 saturated heterocycles. The molecule has 0 spiro atoms. The standard InChI is InChI=1S/C15H19N3O2/c16-14(19)11-5-7-18(9-11)15(20)13-3-1-2-10-8-17-6-4-12(10)13/h1-3,11,17H,4-9H2,(H2,16,19). The molecule has 5 nitrogen and oxygen atoms in total. The van der Waals surface area contributed by atoms with Gasteiger partial charge in [-0.15, -0.1) is 0 Å². The molecule has 1 atom stereocenters. The lowest BCUT2D eigenvalue weighted by Gasteiger charge is -2.23. The zero-order valence-corrected chi connectivity index (χ0v) is 11.4. The van der Waals surface area contributed by atoms with Crippen LogP contribution in [0.2, 0.25) is 0 Å². The minimum absolute atomic E-state index is 0.0347. The van der Waals surface area contributed by atoms with Gasteiger partial charge in [-0.05, 0) is 36.6 Å². The topological polar surface area (TPSA) is 75.4 Å². The van der Waals surface area contributed by atoms with Crippen molar-refractivity contribution in [3.05, 3.63) is 34.9 Å². The predicted octanol–water partition coefficient (Wildman–Crippen LogP) is 0.280. The van der Waals surface area contributed by atoms with Crippen molar-refractivity contribution >= 4 is 11.8 Å². The summed E-state index contributed by atoms with van der Waals surface area (Å²) < 4.78 is 0. The first-order valence-corrected chi connectivity index (χ1v) is 7.07. The van der Waals surface area contributed by atoms with Crippen molar-refractivity contribution in [3.63, 3.8) is 0 Å². The van der Waals surface area contributed by atoms with E-state index in [2.05, 4.69) is 11.4 Å². The summed E-state index contributed by atoms with van der Waals surface area (Å²) in [7, 11) is 0. The van der Waals surface area contributed by atoms with Crippen molar-refractivity contribution in [1.29, 1.82) is 0 Å². The largest absolute Gasteiger partial charge is 0.369 e. The second-order valence-electron chi connectivity index (χ2n) is 5.51. The van der Waals surface area contributed by atoms with Gasteiger partial charge in [0.05, 0.1) is 5.92 Å². The molecule has 1 aromatic rings. The number of nitrogens with two attached hydrogens (primary N) is 1. The summed E-state index contributed by atoms with van der Waals surface area (Å²) in [4.78, 5) is 25.6. The summed E-state index contributed by atoms with van der Waals surface area (Å²) >= 11 is 0. The van der Waals surface area contributed by atoms with Gasteiger partial charge in [-0.2, -0.15) is 0 Å². The third kappa shape index (κ3) is 2.29. The number of amides is 2. The van der Waals surface area contributed by atoms with Gasteiger partial charge >= 0.3 is 0 Å². The van der Waals surface area contributed by atoms with E-state index in [1.807, 2.05) is 12.1 Å². The van der Waals surface area contributed by atoms with E-state index in [1.54, 1.807) is 4.90 Å². The predicted molar refractivity (Wildman–Crippen MR) is 75.1 cm³/mol. The van der Waals surface area contributed by atoms with E-state index in [4.69, 9.17) is 5.73 Å². The second kappa shape index (κ2) is 5.25. The maximum atomic E-state index is 12.6. The van der Waals surface area contributed by atoms with E-state index >= 15 is 0 Å². The number of carbonyl (C=O) groups excluding carboxylic acids is 2. The number of hydrogen-bond acceptors (Lipinski definition) is 3. The molecule has 2 heterocycles. The lowest BCUT2D eigenvalue weighted by molar-refractivity contribution is -0.121. The highest BCUT2D eigenvalue weighted by Gasteiger charge is 2.31. The highest BCUT2D eigenvalue weighted by atomic mass is 16.2. The van der Waals surface area contributed by atoms with Crippen LogP contribution in [-0.4, -0.2) is 36.3 Å². The third-order valence-corrected chi connectivity index (χ3v) is 4.25. The van der Waals surface area contributed by atoms with Gasteiger partial charge in [0.1, 0.15) is 0 Å². The van der Waals surface area contributed by atoms with Crippen LogP contribution in [0.15, 0.2) is 18.2 Å². The van der Waals surface area contributed by atoms with Crippen molar-refractivity contribution in [2.45, 2.75) is 19.4 Å². The molecular formula is C15H19N3O2. The smallest absolute Gasteiger partial charge is 0.254 e. The molecule has 2 aliphatic heterocycles. The SMILES string of the molecule is NC(=O)C1CCN(C(=O)c2cccc3c2CCNC3)C1. The molecule has 0 bridgehead atoms. The van der Waals surface area contributed by atoms with Crippen molar-refractivity contribution < 1.29 is 9.59 Å². The second-order valence-corrected chi connectivity index (χ2v) is 5.51. The number of likely N-dealkylation sites (tertiary alicyclic amines) is 1. The molecule has 106 valence electrons. The molecule has 5 heteroatoms. The van der Waals surface area contributed by atoms with Gasteiger partial charge in [0.2, 0.25) is 5.91 Å². The van der Waals surface area contributed by atoms with Crippen LogP contribution in [-0.2, 0) is 17.8 Å². The number of fused-ring (bicyclic) bond motifs is 1. The number of benzene rings is 1. The lowest BCUT2D eigenvalue weighted by Crippen LogP contribution is -2.33. The summed E-state index contributed by atoms with van der Waals surface area (Å²) in [5.74, 6) is -0.466. The van der Waals surface area contributed by atoms with E-state index in [-0.39, 0.29) is 17.7 Å². The van der Waals surface area contributed by atoms with Gasteiger partial charge in [0, 0.05) is 25.2 Å². The summed E-state index contributed by atoms with van der Waals surface area (Å²) in [6, 6.07) is 5.89. The fourth-order valence-corrected chi connectivity index (χ4v) is 3.08. The Morgan fingerprint density at radius 2 is 2.20 bits per heavy atom. The number of rotatable bonds is 2. The molecule has 0 radical (unpaired) electrons. The van der Waals surface area contributed by atoms with Crippen LogP contribution in [0, 0.1) is 5.92 Å². The highest BCUT2D eigenvalue weighted by molar-refractivity contribution is 5.96. The maximum Gasteiger partial charge on any atom is 0.254 e.